The highest BCUT2D eigenvalue weighted by molar-refractivity contribution is 5.83. The standard InChI is InChI=1S/C21H18N2O2/c22-13-15-4-3-5-16(10-15)14-23-20(12-21(24)25)19-9-8-17-6-1-2-7-18(17)11-19/h1-11,20,23H,12,14H2,(H,24,25). The van der Waals surface area contributed by atoms with Crippen LogP contribution in [0.25, 0.3) is 10.8 Å². The summed E-state index contributed by atoms with van der Waals surface area (Å²) in [6.07, 6.45) is -0.00369. The first-order valence-electron chi connectivity index (χ1n) is 8.08. The molecule has 0 saturated carbocycles. The van der Waals surface area contributed by atoms with E-state index in [0.717, 1.165) is 21.9 Å². The van der Waals surface area contributed by atoms with Crippen molar-refractivity contribution < 1.29 is 9.90 Å². The second-order valence-corrected chi connectivity index (χ2v) is 5.95. The maximum Gasteiger partial charge on any atom is 0.305 e. The molecule has 4 heteroatoms. The van der Waals surface area contributed by atoms with E-state index in [0.29, 0.717) is 12.1 Å². The van der Waals surface area contributed by atoms with E-state index in [1.54, 1.807) is 6.07 Å². The predicted octanol–water partition coefficient (Wildman–Crippen LogP) is 4.02. The van der Waals surface area contributed by atoms with Gasteiger partial charge in [-0.3, -0.25) is 4.79 Å². The molecule has 0 aliphatic heterocycles. The van der Waals surface area contributed by atoms with Crippen LogP contribution in [0.4, 0.5) is 0 Å². The van der Waals surface area contributed by atoms with E-state index in [4.69, 9.17) is 5.26 Å². The molecule has 1 unspecified atom stereocenters. The summed E-state index contributed by atoms with van der Waals surface area (Å²) in [5.74, 6) is -0.851. The Morgan fingerprint density at radius 1 is 1.04 bits per heavy atom. The first kappa shape index (κ1) is 16.7. The number of carboxylic acids is 1. The van der Waals surface area contributed by atoms with Gasteiger partial charge in [-0.1, -0.05) is 48.5 Å². The Balaban J connectivity index is 1.83. The van der Waals surface area contributed by atoms with E-state index >= 15 is 0 Å². The molecule has 124 valence electrons. The van der Waals surface area contributed by atoms with Crippen molar-refractivity contribution in [2.45, 2.75) is 19.0 Å². The quantitative estimate of drug-likeness (QED) is 0.716. The Bertz CT molecular complexity index is 944. The number of aliphatic carboxylic acids is 1. The normalized spacial score (nSPS) is 11.8. The van der Waals surface area contributed by atoms with Gasteiger partial charge >= 0.3 is 5.97 Å². The lowest BCUT2D eigenvalue weighted by molar-refractivity contribution is -0.137. The number of fused-ring (bicyclic) bond motifs is 1. The minimum Gasteiger partial charge on any atom is -0.481 e. The van der Waals surface area contributed by atoms with Crippen LogP contribution >= 0.6 is 0 Å². The van der Waals surface area contributed by atoms with Crippen LogP contribution < -0.4 is 5.32 Å². The van der Waals surface area contributed by atoms with Gasteiger partial charge in [0.15, 0.2) is 0 Å². The van der Waals surface area contributed by atoms with Crippen molar-refractivity contribution in [2.75, 3.05) is 0 Å². The smallest absolute Gasteiger partial charge is 0.305 e. The molecule has 0 fully saturated rings. The average Bonchev–Trinajstić information content (AvgIpc) is 2.64. The highest BCUT2D eigenvalue weighted by Crippen LogP contribution is 2.23. The molecule has 3 rings (SSSR count). The zero-order valence-electron chi connectivity index (χ0n) is 13.6. The molecule has 4 nitrogen and oxygen atoms in total. The van der Waals surface area contributed by atoms with Crippen LogP contribution in [0, 0.1) is 11.3 Å². The van der Waals surface area contributed by atoms with E-state index in [-0.39, 0.29) is 12.5 Å². The fraction of sp³-hybridized carbons (Fsp3) is 0.143. The number of nitrogens with one attached hydrogen (secondary N) is 1. The van der Waals surface area contributed by atoms with E-state index < -0.39 is 5.97 Å². The molecule has 0 aromatic heterocycles. The van der Waals surface area contributed by atoms with Crippen molar-refractivity contribution in [3.8, 4) is 6.07 Å². The third-order valence-corrected chi connectivity index (χ3v) is 4.16. The van der Waals surface area contributed by atoms with Gasteiger partial charge in [0.25, 0.3) is 0 Å². The van der Waals surface area contributed by atoms with E-state index in [1.165, 1.54) is 0 Å². The Morgan fingerprint density at radius 2 is 1.84 bits per heavy atom. The van der Waals surface area contributed by atoms with E-state index in [9.17, 15) is 9.90 Å². The second-order valence-electron chi connectivity index (χ2n) is 5.95. The molecule has 0 spiro atoms. The molecule has 0 saturated heterocycles. The van der Waals surface area contributed by atoms with Crippen molar-refractivity contribution in [1.29, 1.82) is 5.26 Å². The largest absolute Gasteiger partial charge is 0.481 e. The topological polar surface area (TPSA) is 73.1 Å². The third-order valence-electron chi connectivity index (χ3n) is 4.16. The summed E-state index contributed by atoms with van der Waals surface area (Å²) in [5.41, 5.74) is 2.49. The Labute approximate surface area is 146 Å². The molecule has 2 N–H and O–H groups in total. The minimum atomic E-state index is -0.851. The Morgan fingerprint density at radius 3 is 2.60 bits per heavy atom. The minimum absolute atomic E-state index is 0.00369. The molecule has 3 aromatic rings. The summed E-state index contributed by atoms with van der Waals surface area (Å²) in [6.45, 7) is 0.500. The van der Waals surface area contributed by atoms with Gasteiger partial charge < -0.3 is 10.4 Å². The van der Waals surface area contributed by atoms with Crippen molar-refractivity contribution in [1.82, 2.24) is 5.32 Å². The lowest BCUT2D eigenvalue weighted by Gasteiger charge is -2.18. The van der Waals surface area contributed by atoms with Gasteiger partial charge in [-0.25, -0.2) is 0 Å². The summed E-state index contributed by atoms with van der Waals surface area (Å²) >= 11 is 0. The third kappa shape index (κ3) is 4.23. The number of rotatable bonds is 6. The summed E-state index contributed by atoms with van der Waals surface area (Å²) in [6, 6.07) is 23.2. The van der Waals surface area contributed by atoms with Gasteiger partial charge in [0, 0.05) is 12.6 Å². The van der Waals surface area contributed by atoms with Crippen LogP contribution in [0.15, 0.2) is 66.7 Å². The monoisotopic (exact) mass is 330 g/mol. The van der Waals surface area contributed by atoms with Crippen LogP contribution in [0.3, 0.4) is 0 Å². The summed E-state index contributed by atoms with van der Waals surface area (Å²) in [4.78, 5) is 11.3. The molecule has 0 bridgehead atoms. The van der Waals surface area contributed by atoms with Crippen LogP contribution in [0.2, 0.25) is 0 Å². The fourth-order valence-electron chi connectivity index (χ4n) is 2.90. The van der Waals surface area contributed by atoms with Gasteiger partial charge in [-0.2, -0.15) is 5.26 Å². The molecule has 0 aliphatic carbocycles. The maximum absolute atomic E-state index is 11.3. The van der Waals surface area contributed by atoms with Gasteiger partial charge in [0.05, 0.1) is 18.1 Å². The molecule has 25 heavy (non-hydrogen) atoms. The molecule has 0 amide bonds. The molecular formula is C21H18N2O2. The van der Waals surface area contributed by atoms with Crippen LogP contribution in [-0.4, -0.2) is 11.1 Å². The SMILES string of the molecule is N#Cc1cccc(CNC(CC(=O)O)c2ccc3ccccc3c2)c1. The average molecular weight is 330 g/mol. The Kier molecular flexibility index (Phi) is 5.08. The number of hydrogen-bond acceptors (Lipinski definition) is 3. The second kappa shape index (κ2) is 7.61. The maximum atomic E-state index is 11.3. The molecule has 0 aliphatic rings. The van der Waals surface area contributed by atoms with Gasteiger partial charge in [0.1, 0.15) is 0 Å². The lowest BCUT2D eigenvalue weighted by atomic mass is 9.99. The lowest BCUT2D eigenvalue weighted by Crippen LogP contribution is -2.23. The number of carboxylic acid groups (broad SMARTS) is 1. The van der Waals surface area contributed by atoms with E-state index in [2.05, 4.69) is 11.4 Å². The molecular weight excluding hydrogens is 312 g/mol. The predicted molar refractivity (Wildman–Crippen MR) is 96.9 cm³/mol. The molecule has 3 aromatic carbocycles. The number of benzene rings is 3. The highest BCUT2D eigenvalue weighted by atomic mass is 16.4. The molecule has 0 heterocycles. The van der Waals surface area contributed by atoms with E-state index in [1.807, 2.05) is 60.7 Å². The van der Waals surface area contributed by atoms with Gasteiger partial charge in [-0.05, 0) is 40.1 Å². The first-order valence-corrected chi connectivity index (χ1v) is 8.08. The summed E-state index contributed by atoms with van der Waals surface area (Å²) < 4.78 is 0. The van der Waals surface area contributed by atoms with Crippen molar-refractivity contribution in [3.63, 3.8) is 0 Å². The van der Waals surface area contributed by atoms with Crippen molar-refractivity contribution in [2.24, 2.45) is 0 Å². The van der Waals surface area contributed by atoms with Gasteiger partial charge in [0.2, 0.25) is 0 Å². The van der Waals surface area contributed by atoms with Crippen LogP contribution in [-0.2, 0) is 11.3 Å². The summed E-state index contributed by atoms with van der Waals surface area (Å²) in [7, 11) is 0. The first-order chi connectivity index (χ1) is 12.2. The highest BCUT2D eigenvalue weighted by Gasteiger charge is 2.15. The van der Waals surface area contributed by atoms with Crippen LogP contribution in [0.5, 0.6) is 0 Å². The number of hydrogen-bond donors (Lipinski definition) is 2. The van der Waals surface area contributed by atoms with Crippen molar-refractivity contribution in [3.05, 3.63) is 83.4 Å². The molecule has 1 atom stereocenters. The number of nitriles is 1. The summed E-state index contributed by atoms with van der Waals surface area (Å²) in [5, 5.41) is 23.8. The zero-order chi connectivity index (χ0) is 17.6. The number of carbonyl (C=O) groups is 1. The zero-order valence-corrected chi connectivity index (χ0v) is 13.6. The molecule has 0 radical (unpaired) electrons. The Hall–Kier alpha value is -3.16. The van der Waals surface area contributed by atoms with Crippen LogP contribution in [0.1, 0.15) is 29.2 Å². The number of nitrogens with zero attached hydrogens (tertiary/aromatic N) is 1. The van der Waals surface area contributed by atoms with Gasteiger partial charge in [-0.15, -0.1) is 0 Å². The fourth-order valence-corrected chi connectivity index (χ4v) is 2.90. The van der Waals surface area contributed by atoms with Crippen molar-refractivity contribution >= 4 is 16.7 Å².